The zero-order valence-corrected chi connectivity index (χ0v) is 9.49. The monoisotopic (exact) mass is 205 g/mol. The minimum absolute atomic E-state index is 0.0492. The van der Waals surface area contributed by atoms with Crippen LogP contribution in [0.5, 0.6) is 5.75 Å². The van der Waals surface area contributed by atoms with Crippen LogP contribution in [0.3, 0.4) is 0 Å². The SMILES string of the molecule is COc1cccc(CC(C)(N)C2CC2)c1. The van der Waals surface area contributed by atoms with Crippen LogP contribution in [0, 0.1) is 5.92 Å². The molecule has 15 heavy (non-hydrogen) atoms. The van der Waals surface area contributed by atoms with E-state index >= 15 is 0 Å². The lowest BCUT2D eigenvalue weighted by Gasteiger charge is -2.24. The van der Waals surface area contributed by atoms with Gasteiger partial charge in [-0.3, -0.25) is 0 Å². The summed E-state index contributed by atoms with van der Waals surface area (Å²) in [5, 5.41) is 0. The molecule has 0 spiro atoms. The van der Waals surface area contributed by atoms with E-state index in [9.17, 15) is 0 Å². The van der Waals surface area contributed by atoms with E-state index in [0.717, 1.165) is 12.2 Å². The average molecular weight is 205 g/mol. The second-order valence-corrected chi connectivity index (χ2v) is 4.81. The first kappa shape index (κ1) is 10.5. The Hall–Kier alpha value is -1.02. The van der Waals surface area contributed by atoms with Crippen LogP contribution >= 0.6 is 0 Å². The smallest absolute Gasteiger partial charge is 0.119 e. The summed E-state index contributed by atoms with van der Waals surface area (Å²) in [7, 11) is 1.70. The number of methoxy groups -OCH3 is 1. The molecule has 1 aromatic rings. The molecule has 1 aliphatic rings. The van der Waals surface area contributed by atoms with Crippen LogP contribution in [0.25, 0.3) is 0 Å². The number of benzene rings is 1. The number of rotatable bonds is 4. The summed E-state index contributed by atoms with van der Waals surface area (Å²) in [5.41, 5.74) is 7.53. The van der Waals surface area contributed by atoms with E-state index in [2.05, 4.69) is 19.1 Å². The molecule has 0 aromatic heterocycles. The molecule has 1 unspecified atom stereocenters. The van der Waals surface area contributed by atoms with Gasteiger partial charge in [0.2, 0.25) is 0 Å². The van der Waals surface area contributed by atoms with Crippen LogP contribution < -0.4 is 10.5 Å². The first-order chi connectivity index (χ1) is 7.12. The largest absolute Gasteiger partial charge is 0.497 e. The zero-order valence-electron chi connectivity index (χ0n) is 9.49. The molecule has 0 amide bonds. The van der Waals surface area contributed by atoms with E-state index in [1.54, 1.807) is 7.11 Å². The van der Waals surface area contributed by atoms with E-state index < -0.39 is 0 Å². The van der Waals surface area contributed by atoms with Crippen LogP contribution in [-0.2, 0) is 6.42 Å². The van der Waals surface area contributed by atoms with Gasteiger partial charge in [0, 0.05) is 5.54 Å². The van der Waals surface area contributed by atoms with Gasteiger partial charge in [-0.05, 0) is 49.8 Å². The van der Waals surface area contributed by atoms with Gasteiger partial charge in [-0.2, -0.15) is 0 Å². The van der Waals surface area contributed by atoms with Crippen molar-refractivity contribution in [2.75, 3.05) is 7.11 Å². The standard InChI is InChI=1S/C13H19NO/c1-13(14,11-6-7-11)9-10-4-3-5-12(8-10)15-2/h3-5,8,11H,6-7,9,14H2,1-2H3. The van der Waals surface area contributed by atoms with Crippen LogP contribution in [0.1, 0.15) is 25.3 Å². The molecule has 0 heterocycles. The fourth-order valence-electron chi connectivity index (χ4n) is 2.11. The Kier molecular flexibility index (Phi) is 2.70. The maximum absolute atomic E-state index is 6.30. The Bertz CT molecular complexity index is 342. The maximum atomic E-state index is 6.30. The highest BCUT2D eigenvalue weighted by atomic mass is 16.5. The Labute approximate surface area is 91.4 Å². The van der Waals surface area contributed by atoms with Crippen molar-refractivity contribution in [1.29, 1.82) is 0 Å². The third kappa shape index (κ3) is 2.51. The second-order valence-electron chi connectivity index (χ2n) is 4.81. The predicted octanol–water partition coefficient (Wildman–Crippen LogP) is 2.37. The first-order valence-electron chi connectivity index (χ1n) is 5.53. The molecular weight excluding hydrogens is 186 g/mol. The molecule has 1 aromatic carbocycles. The molecule has 2 heteroatoms. The molecule has 1 atom stereocenters. The first-order valence-corrected chi connectivity index (χ1v) is 5.53. The molecule has 2 N–H and O–H groups in total. The normalized spacial score (nSPS) is 19.7. The van der Waals surface area contributed by atoms with Gasteiger partial charge < -0.3 is 10.5 Å². The molecule has 2 rings (SSSR count). The van der Waals surface area contributed by atoms with Crippen molar-refractivity contribution in [2.45, 2.75) is 31.7 Å². The second kappa shape index (κ2) is 3.86. The van der Waals surface area contributed by atoms with Crippen molar-refractivity contribution in [3.05, 3.63) is 29.8 Å². The van der Waals surface area contributed by atoms with E-state index in [4.69, 9.17) is 10.5 Å². The van der Waals surface area contributed by atoms with Gasteiger partial charge in [0.25, 0.3) is 0 Å². The maximum Gasteiger partial charge on any atom is 0.119 e. The topological polar surface area (TPSA) is 35.2 Å². The van der Waals surface area contributed by atoms with Gasteiger partial charge in [0.15, 0.2) is 0 Å². The lowest BCUT2D eigenvalue weighted by atomic mass is 9.89. The third-order valence-electron chi connectivity index (χ3n) is 3.23. The Morgan fingerprint density at radius 2 is 2.20 bits per heavy atom. The van der Waals surface area contributed by atoms with Crippen molar-refractivity contribution in [3.63, 3.8) is 0 Å². The predicted molar refractivity (Wildman–Crippen MR) is 62.0 cm³/mol. The summed E-state index contributed by atoms with van der Waals surface area (Å²) in [5.74, 6) is 1.63. The van der Waals surface area contributed by atoms with Crippen molar-refractivity contribution in [2.24, 2.45) is 11.7 Å². The molecule has 0 bridgehead atoms. The van der Waals surface area contributed by atoms with Gasteiger partial charge in [0.1, 0.15) is 5.75 Å². The highest BCUT2D eigenvalue weighted by Gasteiger charge is 2.38. The van der Waals surface area contributed by atoms with E-state index in [1.807, 2.05) is 12.1 Å². The van der Waals surface area contributed by atoms with Gasteiger partial charge in [-0.1, -0.05) is 12.1 Å². The number of ether oxygens (including phenoxy) is 1. The van der Waals surface area contributed by atoms with Gasteiger partial charge in [0.05, 0.1) is 7.11 Å². The van der Waals surface area contributed by atoms with Crippen LogP contribution in [0.4, 0.5) is 0 Å². The van der Waals surface area contributed by atoms with Crippen molar-refractivity contribution < 1.29 is 4.74 Å². The number of hydrogen-bond donors (Lipinski definition) is 1. The summed E-state index contributed by atoms with van der Waals surface area (Å²) in [6.07, 6.45) is 3.52. The molecule has 82 valence electrons. The van der Waals surface area contributed by atoms with Crippen LogP contribution in [-0.4, -0.2) is 12.6 Å². The van der Waals surface area contributed by atoms with Crippen molar-refractivity contribution >= 4 is 0 Å². The summed E-state index contributed by atoms with van der Waals surface area (Å²) in [6, 6.07) is 8.19. The van der Waals surface area contributed by atoms with Crippen molar-refractivity contribution in [1.82, 2.24) is 0 Å². The molecule has 0 aliphatic heterocycles. The third-order valence-corrected chi connectivity index (χ3v) is 3.23. The Morgan fingerprint density at radius 1 is 1.47 bits per heavy atom. The van der Waals surface area contributed by atoms with E-state index in [0.29, 0.717) is 5.92 Å². The number of nitrogens with two attached hydrogens (primary N) is 1. The van der Waals surface area contributed by atoms with Gasteiger partial charge in [-0.25, -0.2) is 0 Å². The molecular formula is C13H19NO. The van der Waals surface area contributed by atoms with Crippen LogP contribution in [0.2, 0.25) is 0 Å². The summed E-state index contributed by atoms with van der Waals surface area (Å²) in [4.78, 5) is 0. The minimum Gasteiger partial charge on any atom is -0.497 e. The average Bonchev–Trinajstić information content (AvgIpc) is 3.00. The Balaban J connectivity index is 2.09. The zero-order chi connectivity index (χ0) is 10.9. The molecule has 1 saturated carbocycles. The molecule has 2 nitrogen and oxygen atoms in total. The molecule has 1 fully saturated rings. The lowest BCUT2D eigenvalue weighted by molar-refractivity contribution is 0.399. The molecule has 0 saturated heterocycles. The van der Waals surface area contributed by atoms with E-state index in [1.165, 1.54) is 18.4 Å². The lowest BCUT2D eigenvalue weighted by Crippen LogP contribution is -2.40. The highest BCUT2D eigenvalue weighted by Crippen LogP contribution is 2.39. The summed E-state index contributed by atoms with van der Waals surface area (Å²) < 4.78 is 5.20. The van der Waals surface area contributed by atoms with Crippen LogP contribution in [0.15, 0.2) is 24.3 Å². The molecule has 1 aliphatic carbocycles. The fraction of sp³-hybridized carbons (Fsp3) is 0.538. The summed E-state index contributed by atoms with van der Waals surface area (Å²) in [6.45, 7) is 2.16. The fourth-order valence-corrected chi connectivity index (χ4v) is 2.11. The Morgan fingerprint density at radius 3 is 2.80 bits per heavy atom. The van der Waals surface area contributed by atoms with Gasteiger partial charge in [-0.15, -0.1) is 0 Å². The van der Waals surface area contributed by atoms with Crippen molar-refractivity contribution in [3.8, 4) is 5.75 Å². The van der Waals surface area contributed by atoms with Gasteiger partial charge >= 0.3 is 0 Å². The summed E-state index contributed by atoms with van der Waals surface area (Å²) >= 11 is 0. The van der Waals surface area contributed by atoms with E-state index in [-0.39, 0.29) is 5.54 Å². The highest BCUT2D eigenvalue weighted by molar-refractivity contribution is 5.29. The number of hydrogen-bond acceptors (Lipinski definition) is 2. The molecule has 0 radical (unpaired) electrons. The minimum atomic E-state index is -0.0492. The quantitative estimate of drug-likeness (QED) is 0.819.